The Morgan fingerprint density at radius 3 is 2.72 bits per heavy atom. The highest BCUT2D eigenvalue weighted by Gasteiger charge is 2.57. The van der Waals surface area contributed by atoms with E-state index in [4.69, 9.17) is 4.74 Å². The third kappa shape index (κ3) is 1.21. The first-order chi connectivity index (χ1) is 8.56. The molecule has 1 aromatic rings. The fourth-order valence-electron chi connectivity index (χ4n) is 2.55. The topological polar surface area (TPSA) is 58.6 Å². The Balaban J connectivity index is 2.10. The number of imide groups is 1. The lowest BCUT2D eigenvalue weighted by Crippen LogP contribution is -2.46. The molecule has 5 nitrogen and oxygen atoms in total. The number of hydrogen-bond acceptors (Lipinski definition) is 3. The molecule has 1 spiro atoms. The van der Waals surface area contributed by atoms with E-state index in [1.165, 1.54) is 4.90 Å². The van der Waals surface area contributed by atoms with Crippen molar-refractivity contribution in [2.24, 2.45) is 0 Å². The van der Waals surface area contributed by atoms with Crippen molar-refractivity contribution in [2.45, 2.75) is 25.4 Å². The summed E-state index contributed by atoms with van der Waals surface area (Å²) < 4.78 is 5.52. The Morgan fingerprint density at radius 1 is 1.33 bits per heavy atom. The molecule has 1 saturated heterocycles. The van der Waals surface area contributed by atoms with E-state index in [1.807, 2.05) is 38.1 Å². The van der Waals surface area contributed by atoms with Gasteiger partial charge in [0.1, 0.15) is 12.4 Å². The molecule has 1 fully saturated rings. The summed E-state index contributed by atoms with van der Waals surface area (Å²) in [7, 11) is 0. The Labute approximate surface area is 105 Å². The Bertz CT molecular complexity index is 541. The van der Waals surface area contributed by atoms with Gasteiger partial charge in [-0.1, -0.05) is 18.2 Å². The lowest BCUT2D eigenvalue weighted by Gasteiger charge is -2.21. The zero-order valence-electron chi connectivity index (χ0n) is 10.3. The van der Waals surface area contributed by atoms with Gasteiger partial charge in [-0.05, 0) is 19.9 Å². The molecule has 3 amide bonds. The predicted molar refractivity (Wildman–Crippen MR) is 64.1 cm³/mol. The van der Waals surface area contributed by atoms with E-state index in [0.717, 1.165) is 5.56 Å². The molecule has 2 aliphatic rings. The second-order valence-corrected chi connectivity index (χ2v) is 4.89. The van der Waals surface area contributed by atoms with E-state index in [0.29, 0.717) is 5.75 Å². The fraction of sp³-hybridized carbons (Fsp3) is 0.385. The highest BCUT2D eigenvalue weighted by atomic mass is 16.5. The molecule has 2 aliphatic heterocycles. The van der Waals surface area contributed by atoms with Gasteiger partial charge < -0.3 is 10.1 Å². The number of carbonyl (C=O) groups is 2. The van der Waals surface area contributed by atoms with Gasteiger partial charge in [0.2, 0.25) is 0 Å². The van der Waals surface area contributed by atoms with E-state index < -0.39 is 5.54 Å². The monoisotopic (exact) mass is 246 g/mol. The number of carbonyl (C=O) groups excluding carboxylic acids is 2. The molecule has 94 valence electrons. The average Bonchev–Trinajstić information content (AvgIpc) is 2.81. The molecule has 2 heterocycles. The molecule has 0 saturated carbocycles. The SMILES string of the molecule is CC(C)N1C(=O)NC2(COc3ccccc32)C1=O. The number of fused-ring (bicyclic) bond motifs is 2. The van der Waals surface area contributed by atoms with E-state index in [-0.39, 0.29) is 24.6 Å². The summed E-state index contributed by atoms with van der Waals surface area (Å²) in [5.41, 5.74) is -0.288. The van der Waals surface area contributed by atoms with Gasteiger partial charge in [0.15, 0.2) is 5.54 Å². The van der Waals surface area contributed by atoms with Gasteiger partial charge >= 0.3 is 6.03 Å². The quantitative estimate of drug-likeness (QED) is 0.758. The molecule has 3 rings (SSSR count). The molecular formula is C13H14N2O3. The van der Waals surface area contributed by atoms with Crippen molar-refractivity contribution >= 4 is 11.9 Å². The summed E-state index contributed by atoms with van der Waals surface area (Å²) >= 11 is 0. The van der Waals surface area contributed by atoms with Crippen LogP contribution in [0.2, 0.25) is 0 Å². The highest BCUT2D eigenvalue weighted by molar-refractivity contribution is 6.08. The summed E-state index contributed by atoms with van der Waals surface area (Å²) in [4.78, 5) is 25.7. The van der Waals surface area contributed by atoms with Gasteiger partial charge in [0.05, 0.1) is 0 Å². The number of nitrogens with one attached hydrogen (secondary N) is 1. The zero-order valence-corrected chi connectivity index (χ0v) is 10.3. The first kappa shape index (κ1) is 11.1. The van der Waals surface area contributed by atoms with Crippen LogP contribution < -0.4 is 10.1 Å². The van der Waals surface area contributed by atoms with Gasteiger partial charge in [-0.3, -0.25) is 9.69 Å². The molecule has 0 aromatic heterocycles. The number of hydrogen-bond donors (Lipinski definition) is 1. The number of ether oxygens (including phenoxy) is 1. The van der Waals surface area contributed by atoms with Gasteiger partial charge in [0.25, 0.3) is 5.91 Å². The number of nitrogens with zero attached hydrogens (tertiary/aromatic N) is 1. The average molecular weight is 246 g/mol. The first-order valence-corrected chi connectivity index (χ1v) is 5.94. The van der Waals surface area contributed by atoms with E-state index in [2.05, 4.69) is 5.32 Å². The lowest BCUT2D eigenvalue weighted by molar-refractivity contribution is -0.133. The number of amides is 3. The standard InChI is InChI=1S/C13H14N2O3/c1-8(2)15-11(16)13(14-12(15)17)7-18-10-6-4-3-5-9(10)13/h3-6,8H,7H2,1-2H3,(H,14,17). The summed E-state index contributed by atoms with van der Waals surface area (Å²) in [6.07, 6.45) is 0. The summed E-state index contributed by atoms with van der Waals surface area (Å²) in [5.74, 6) is 0.434. The molecule has 5 heteroatoms. The van der Waals surface area contributed by atoms with E-state index in [1.54, 1.807) is 0 Å². The van der Waals surface area contributed by atoms with Crippen LogP contribution in [-0.4, -0.2) is 29.5 Å². The largest absolute Gasteiger partial charge is 0.490 e. The number of urea groups is 1. The van der Waals surface area contributed by atoms with Crippen molar-refractivity contribution in [2.75, 3.05) is 6.61 Å². The second-order valence-electron chi connectivity index (χ2n) is 4.89. The molecule has 1 unspecified atom stereocenters. The van der Waals surface area contributed by atoms with Gasteiger partial charge in [-0.15, -0.1) is 0 Å². The van der Waals surface area contributed by atoms with Crippen LogP contribution in [0.1, 0.15) is 19.4 Å². The molecule has 0 aliphatic carbocycles. The lowest BCUT2D eigenvalue weighted by atomic mass is 9.92. The smallest absolute Gasteiger partial charge is 0.325 e. The van der Waals surface area contributed by atoms with Crippen molar-refractivity contribution in [3.05, 3.63) is 29.8 Å². The van der Waals surface area contributed by atoms with Crippen molar-refractivity contribution in [3.63, 3.8) is 0 Å². The summed E-state index contributed by atoms with van der Waals surface area (Å²) in [6.45, 7) is 3.80. The Hall–Kier alpha value is -2.04. The number of rotatable bonds is 1. The van der Waals surface area contributed by atoms with Crippen LogP contribution in [0.25, 0.3) is 0 Å². The fourth-order valence-corrected chi connectivity index (χ4v) is 2.55. The van der Waals surface area contributed by atoms with Crippen LogP contribution in [-0.2, 0) is 10.3 Å². The molecular weight excluding hydrogens is 232 g/mol. The third-order valence-corrected chi connectivity index (χ3v) is 3.43. The van der Waals surface area contributed by atoms with Crippen molar-refractivity contribution in [3.8, 4) is 5.75 Å². The van der Waals surface area contributed by atoms with Gasteiger partial charge in [-0.25, -0.2) is 4.79 Å². The van der Waals surface area contributed by atoms with Gasteiger partial charge in [-0.2, -0.15) is 0 Å². The minimum atomic E-state index is -1.03. The summed E-state index contributed by atoms with van der Waals surface area (Å²) in [5, 5.41) is 2.78. The Morgan fingerprint density at radius 2 is 2.06 bits per heavy atom. The Kier molecular flexibility index (Phi) is 2.14. The second kappa shape index (κ2) is 3.48. The molecule has 18 heavy (non-hydrogen) atoms. The van der Waals surface area contributed by atoms with Crippen LogP contribution in [0, 0.1) is 0 Å². The minimum Gasteiger partial charge on any atom is -0.490 e. The van der Waals surface area contributed by atoms with E-state index in [9.17, 15) is 9.59 Å². The van der Waals surface area contributed by atoms with Crippen molar-refractivity contribution < 1.29 is 14.3 Å². The maximum absolute atomic E-state index is 12.5. The van der Waals surface area contributed by atoms with Crippen LogP contribution in [0.4, 0.5) is 4.79 Å². The molecule has 0 radical (unpaired) electrons. The van der Waals surface area contributed by atoms with Crippen LogP contribution in [0.3, 0.4) is 0 Å². The van der Waals surface area contributed by atoms with Gasteiger partial charge in [0, 0.05) is 11.6 Å². The number of benzene rings is 1. The molecule has 0 bridgehead atoms. The molecule has 1 aromatic carbocycles. The van der Waals surface area contributed by atoms with E-state index >= 15 is 0 Å². The van der Waals surface area contributed by atoms with Crippen LogP contribution in [0.5, 0.6) is 5.75 Å². The zero-order chi connectivity index (χ0) is 12.9. The third-order valence-electron chi connectivity index (χ3n) is 3.43. The van der Waals surface area contributed by atoms with Crippen molar-refractivity contribution in [1.82, 2.24) is 10.2 Å². The maximum Gasteiger partial charge on any atom is 0.325 e. The first-order valence-electron chi connectivity index (χ1n) is 5.94. The molecule has 1 N–H and O–H groups in total. The summed E-state index contributed by atoms with van der Waals surface area (Å²) in [6, 6.07) is 6.80. The van der Waals surface area contributed by atoms with Crippen LogP contribution >= 0.6 is 0 Å². The maximum atomic E-state index is 12.5. The molecule has 1 atom stereocenters. The van der Waals surface area contributed by atoms with Crippen LogP contribution in [0.15, 0.2) is 24.3 Å². The highest BCUT2D eigenvalue weighted by Crippen LogP contribution is 2.41. The number of para-hydroxylation sites is 1. The minimum absolute atomic E-state index is 0.162. The van der Waals surface area contributed by atoms with Crippen molar-refractivity contribution in [1.29, 1.82) is 0 Å². The normalized spacial score (nSPS) is 25.6. The predicted octanol–water partition coefficient (Wildman–Crippen LogP) is 1.23.